The third-order valence-corrected chi connectivity index (χ3v) is 4.91. The summed E-state index contributed by atoms with van der Waals surface area (Å²) in [7, 11) is 1.87. The number of hydrogen-bond acceptors (Lipinski definition) is 6. The van der Waals surface area contributed by atoms with Crippen molar-refractivity contribution in [1.29, 1.82) is 0 Å². The Balaban J connectivity index is 1.90. The fraction of sp³-hybridized carbons (Fsp3) is 0.375. The number of esters is 1. The molecule has 7 heteroatoms. The highest BCUT2D eigenvalue weighted by Crippen LogP contribution is 2.48. The molecule has 3 aromatic rings. The number of aromatic nitrogens is 4. The zero-order chi connectivity index (χ0) is 16.0. The molecule has 1 aromatic carbocycles. The number of carbonyl (C=O) groups is 1. The van der Waals surface area contributed by atoms with E-state index < -0.39 is 0 Å². The molecule has 118 valence electrons. The van der Waals surface area contributed by atoms with Crippen LogP contribution in [-0.2, 0) is 11.8 Å². The number of nitrogens with zero attached hydrogens (tertiary/aromatic N) is 4. The Morgan fingerprint density at radius 3 is 3.00 bits per heavy atom. The number of ether oxygens (including phenoxy) is 1. The van der Waals surface area contributed by atoms with Crippen molar-refractivity contribution in [3.63, 3.8) is 0 Å². The molecule has 23 heavy (non-hydrogen) atoms. The van der Waals surface area contributed by atoms with Gasteiger partial charge in [-0.15, -0.1) is 5.10 Å². The third-order valence-electron chi connectivity index (χ3n) is 4.07. The second-order valence-corrected chi connectivity index (χ2v) is 6.43. The number of aryl methyl sites for hydroxylation is 1. The lowest BCUT2D eigenvalue weighted by Gasteiger charge is -2.05. The maximum atomic E-state index is 12.2. The molecule has 4 rings (SSSR count). The summed E-state index contributed by atoms with van der Waals surface area (Å²) < 4.78 is 11.5. The van der Waals surface area contributed by atoms with Crippen LogP contribution in [0.4, 0.5) is 0 Å². The molecule has 6 nitrogen and oxygen atoms in total. The smallest absolute Gasteiger partial charge is 0.350 e. The zero-order valence-electron chi connectivity index (χ0n) is 12.9. The van der Waals surface area contributed by atoms with Crippen LogP contribution in [0.3, 0.4) is 0 Å². The Morgan fingerprint density at radius 2 is 2.26 bits per heavy atom. The highest BCUT2D eigenvalue weighted by atomic mass is 32.1. The van der Waals surface area contributed by atoms with Crippen LogP contribution in [0, 0.1) is 0 Å². The number of carbonyl (C=O) groups excluding carboxylic acids is 1. The number of hydrogen-bond donors (Lipinski definition) is 0. The summed E-state index contributed by atoms with van der Waals surface area (Å²) in [4.78, 5) is 12.9. The molecule has 1 aliphatic carbocycles. The van der Waals surface area contributed by atoms with Crippen LogP contribution in [0.1, 0.15) is 40.9 Å². The van der Waals surface area contributed by atoms with Gasteiger partial charge in [-0.25, -0.2) is 9.48 Å². The molecule has 1 aliphatic rings. The van der Waals surface area contributed by atoms with E-state index in [2.05, 4.69) is 14.7 Å². The summed E-state index contributed by atoms with van der Waals surface area (Å²) in [5.74, 6) is 0.125. The fourth-order valence-corrected chi connectivity index (χ4v) is 3.71. The fourth-order valence-electron chi connectivity index (χ4n) is 2.83. The molecule has 0 saturated heterocycles. The maximum Gasteiger partial charge on any atom is 0.350 e. The topological polar surface area (TPSA) is 69.9 Å². The van der Waals surface area contributed by atoms with Gasteiger partial charge in [0.05, 0.1) is 17.8 Å². The minimum atomic E-state index is -0.274. The minimum absolute atomic E-state index is 0.274. The average Bonchev–Trinajstić information content (AvgIpc) is 3.18. The van der Waals surface area contributed by atoms with Gasteiger partial charge in [0.15, 0.2) is 0 Å². The van der Waals surface area contributed by atoms with Gasteiger partial charge in [0.2, 0.25) is 0 Å². The molecule has 1 fully saturated rings. The molecular formula is C16H16N4O2S. The monoisotopic (exact) mass is 328 g/mol. The van der Waals surface area contributed by atoms with E-state index in [0.717, 1.165) is 40.7 Å². The molecule has 2 aromatic heterocycles. The van der Waals surface area contributed by atoms with Crippen LogP contribution in [0.2, 0.25) is 0 Å². The van der Waals surface area contributed by atoms with Crippen molar-refractivity contribution >= 4 is 28.5 Å². The molecule has 0 amide bonds. The molecule has 0 N–H and O–H groups in total. The van der Waals surface area contributed by atoms with Crippen molar-refractivity contribution < 1.29 is 9.53 Å². The molecule has 0 radical (unpaired) electrons. The van der Waals surface area contributed by atoms with Crippen LogP contribution in [0.25, 0.3) is 22.3 Å². The largest absolute Gasteiger partial charge is 0.462 e. The number of rotatable bonds is 4. The predicted octanol–water partition coefficient (Wildman–Crippen LogP) is 3.15. The van der Waals surface area contributed by atoms with Crippen molar-refractivity contribution in [2.75, 3.05) is 6.61 Å². The molecule has 0 spiro atoms. The summed E-state index contributed by atoms with van der Waals surface area (Å²) >= 11 is 1.22. The van der Waals surface area contributed by atoms with Gasteiger partial charge in [-0.1, -0.05) is 17.3 Å². The molecule has 0 aliphatic heterocycles. The highest BCUT2D eigenvalue weighted by Gasteiger charge is 2.34. The van der Waals surface area contributed by atoms with Crippen LogP contribution in [-0.4, -0.2) is 31.9 Å². The quantitative estimate of drug-likeness (QED) is 0.688. The number of benzene rings is 1. The van der Waals surface area contributed by atoms with E-state index in [1.54, 1.807) is 4.68 Å². The van der Waals surface area contributed by atoms with Gasteiger partial charge in [-0.2, -0.15) is 4.37 Å². The summed E-state index contributed by atoms with van der Waals surface area (Å²) in [6, 6.07) is 5.95. The second-order valence-electron chi connectivity index (χ2n) is 5.66. The van der Waals surface area contributed by atoms with E-state index in [0.29, 0.717) is 17.4 Å². The molecule has 0 bridgehead atoms. The van der Waals surface area contributed by atoms with Gasteiger partial charge in [0.25, 0.3) is 0 Å². The third kappa shape index (κ3) is 2.31. The van der Waals surface area contributed by atoms with Crippen molar-refractivity contribution in [2.24, 2.45) is 7.05 Å². The van der Waals surface area contributed by atoms with Crippen LogP contribution in [0.5, 0.6) is 0 Å². The van der Waals surface area contributed by atoms with Crippen molar-refractivity contribution in [1.82, 2.24) is 19.4 Å². The normalized spacial score (nSPS) is 14.3. The van der Waals surface area contributed by atoms with Crippen LogP contribution < -0.4 is 0 Å². The lowest BCUT2D eigenvalue weighted by molar-refractivity contribution is 0.0531. The van der Waals surface area contributed by atoms with E-state index in [4.69, 9.17) is 4.74 Å². The number of fused-ring (bicyclic) bond motifs is 1. The van der Waals surface area contributed by atoms with E-state index in [-0.39, 0.29) is 5.97 Å². The molecular weight excluding hydrogens is 312 g/mol. The summed E-state index contributed by atoms with van der Waals surface area (Å²) in [5.41, 5.74) is 4.58. The predicted molar refractivity (Wildman–Crippen MR) is 87.5 cm³/mol. The summed E-state index contributed by atoms with van der Waals surface area (Å²) in [5, 5.41) is 8.36. The Morgan fingerprint density at radius 1 is 1.43 bits per heavy atom. The Bertz CT molecular complexity index is 895. The standard InChI is InChI=1S/C16H16N4O2S/c1-3-22-16(21)15-12(9-7-8-9)14(18-23-15)10-5-4-6-11-13(10)17-19-20(11)2/h4-6,9H,3,7-8H2,1-2H3. The van der Waals surface area contributed by atoms with Crippen molar-refractivity contribution in [2.45, 2.75) is 25.7 Å². The van der Waals surface area contributed by atoms with Gasteiger partial charge >= 0.3 is 5.97 Å². The first-order valence-corrected chi connectivity index (χ1v) is 8.43. The first-order chi connectivity index (χ1) is 11.2. The zero-order valence-corrected chi connectivity index (χ0v) is 13.8. The molecule has 0 atom stereocenters. The summed E-state index contributed by atoms with van der Waals surface area (Å²) in [6.45, 7) is 2.19. The maximum absolute atomic E-state index is 12.2. The summed E-state index contributed by atoms with van der Waals surface area (Å²) in [6.07, 6.45) is 2.18. The van der Waals surface area contributed by atoms with Gasteiger partial charge in [-0.3, -0.25) is 0 Å². The van der Waals surface area contributed by atoms with Gasteiger partial charge in [-0.05, 0) is 43.3 Å². The minimum Gasteiger partial charge on any atom is -0.462 e. The Hall–Kier alpha value is -2.28. The van der Waals surface area contributed by atoms with Gasteiger partial charge in [0.1, 0.15) is 10.4 Å². The van der Waals surface area contributed by atoms with Crippen LogP contribution >= 0.6 is 11.5 Å². The SMILES string of the molecule is CCOC(=O)c1snc(-c2cccc3c2nnn3C)c1C1CC1. The highest BCUT2D eigenvalue weighted by molar-refractivity contribution is 7.08. The van der Waals surface area contributed by atoms with E-state index >= 15 is 0 Å². The molecule has 1 saturated carbocycles. The molecule has 0 unspecified atom stereocenters. The van der Waals surface area contributed by atoms with Crippen molar-refractivity contribution in [3.8, 4) is 11.3 Å². The Labute approximate surface area is 137 Å². The lowest BCUT2D eigenvalue weighted by atomic mass is 10.0. The van der Waals surface area contributed by atoms with E-state index in [9.17, 15) is 4.79 Å². The molecule has 2 heterocycles. The van der Waals surface area contributed by atoms with Crippen molar-refractivity contribution in [3.05, 3.63) is 28.6 Å². The Kier molecular flexibility index (Phi) is 3.37. The van der Waals surface area contributed by atoms with E-state index in [1.165, 1.54) is 11.5 Å². The van der Waals surface area contributed by atoms with Gasteiger partial charge in [0, 0.05) is 18.2 Å². The second kappa shape index (κ2) is 5.42. The lowest BCUT2D eigenvalue weighted by Crippen LogP contribution is -2.05. The first-order valence-electron chi connectivity index (χ1n) is 7.66. The average molecular weight is 328 g/mol. The van der Waals surface area contributed by atoms with Crippen LogP contribution in [0.15, 0.2) is 18.2 Å². The van der Waals surface area contributed by atoms with E-state index in [1.807, 2.05) is 32.2 Å². The first kappa shape index (κ1) is 14.3. The van der Waals surface area contributed by atoms with Gasteiger partial charge < -0.3 is 4.74 Å².